The van der Waals surface area contributed by atoms with Crippen LogP contribution in [0.15, 0.2) is 48.2 Å². The van der Waals surface area contributed by atoms with Gasteiger partial charge in [0.2, 0.25) is 0 Å². The number of amides is 2. The normalized spacial score (nSPS) is 14.5. The average Bonchev–Trinajstić information content (AvgIpc) is 2.83. The highest BCUT2D eigenvalue weighted by Gasteiger charge is 2.39. The Morgan fingerprint density at radius 1 is 1.00 bits per heavy atom. The highest BCUT2D eigenvalue weighted by atomic mass is 35.5. The van der Waals surface area contributed by atoms with Crippen LogP contribution in [0.2, 0.25) is 5.02 Å². The quantitative estimate of drug-likeness (QED) is 0.755. The second-order valence-corrected chi connectivity index (χ2v) is 7.75. The molecule has 0 saturated heterocycles. The van der Waals surface area contributed by atoms with Gasteiger partial charge in [0.05, 0.1) is 5.57 Å². The minimum Gasteiger partial charge on any atom is -0.350 e. The number of carbonyl (C=O) groups is 2. The third kappa shape index (κ3) is 3.91. The molecule has 0 saturated carbocycles. The molecule has 0 spiro atoms. The molecule has 140 valence electrons. The van der Waals surface area contributed by atoms with Crippen molar-refractivity contribution in [2.45, 2.75) is 27.7 Å². The van der Waals surface area contributed by atoms with E-state index in [4.69, 9.17) is 11.6 Å². The first kappa shape index (κ1) is 19.2. The molecule has 1 aliphatic rings. The Kier molecular flexibility index (Phi) is 5.38. The summed E-state index contributed by atoms with van der Waals surface area (Å²) in [6.45, 7) is 8.27. The van der Waals surface area contributed by atoms with Crippen molar-refractivity contribution in [3.05, 3.63) is 69.9 Å². The van der Waals surface area contributed by atoms with E-state index < -0.39 is 0 Å². The zero-order valence-electron chi connectivity index (χ0n) is 16.0. The fraction of sp³-hybridized carbons (Fsp3) is 0.273. The van der Waals surface area contributed by atoms with Crippen LogP contribution in [-0.2, 0) is 9.59 Å². The third-order valence-electron chi connectivity index (χ3n) is 4.52. The van der Waals surface area contributed by atoms with Gasteiger partial charge in [-0.25, -0.2) is 0 Å². The maximum Gasteiger partial charge on any atom is 0.278 e. The molecule has 0 bridgehead atoms. The zero-order chi connectivity index (χ0) is 19.7. The molecular formula is C22H23ClN2O2. The number of benzene rings is 2. The maximum atomic E-state index is 13.1. The average molecular weight is 383 g/mol. The van der Waals surface area contributed by atoms with E-state index >= 15 is 0 Å². The fourth-order valence-corrected chi connectivity index (χ4v) is 3.25. The van der Waals surface area contributed by atoms with E-state index in [-0.39, 0.29) is 17.7 Å². The summed E-state index contributed by atoms with van der Waals surface area (Å²) in [5.74, 6) is -0.382. The number of rotatable bonds is 5. The topological polar surface area (TPSA) is 49.4 Å². The molecule has 5 heteroatoms. The van der Waals surface area contributed by atoms with Crippen LogP contribution >= 0.6 is 11.6 Å². The van der Waals surface area contributed by atoms with Crippen molar-refractivity contribution < 1.29 is 9.59 Å². The Morgan fingerprint density at radius 2 is 1.67 bits per heavy atom. The Balaban J connectivity index is 2.10. The molecule has 1 heterocycles. The van der Waals surface area contributed by atoms with Gasteiger partial charge in [-0.15, -0.1) is 0 Å². The van der Waals surface area contributed by atoms with Gasteiger partial charge in [0.1, 0.15) is 5.70 Å². The van der Waals surface area contributed by atoms with E-state index in [9.17, 15) is 9.59 Å². The first-order valence-corrected chi connectivity index (χ1v) is 9.36. The van der Waals surface area contributed by atoms with Gasteiger partial charge in [-0.05, 0) is 43.0 Å². The molecule has 0 radical (unpaired) electrons. The second-order valence-electron chi connectivity index (χ2n) is 7.32. The molecule has 0 fully saturated rings. The molecule has 1 aliphatic heterocycles. The lowest BCUT2D eigenvalue weighted by molar-refractivity contribution is -0.137. The molecule has 3 rings (SSSR count). The lowest BCUT2D eigenvalue weighted by atomic mass is 10.0. The molecule has 1 N–H and O–H groups in total. The Morgan fingerprint density at radius 3 is 2.30 bits per heavy atom. The van der Waals surface area contributed by atoms with Crippen molar-refractivity contribution in [3.63, 3.8) is 0 Å². The summed E-state index contributed by atoms with van der Waals surface area (Å²) in [6, 6.07) is 13.1. The van der Waals surface area contributed by atoms with Crippen LogP contribution in [0.3, 0.4) is 0 Å². The molecule has 0 aliphatic carbocycles. The van der Waals surface area contributed by atoms with Crippen LogP contribution < -0.4 is 5.32 Å². The van der Waals surface area contributed by atoms with E-state index in [1.54, 1.807) is 12.1 Å². The molecule has 0 unspecified atom stereocenters. The lowest BCUT2D eigenvalue weighted by Crippen LogP contribution is -2.35. The van der Waals surface area contributed by atoms with E-state index in [2.05, 4.69) is 5.32 Å². The predicted octanol–water partition coefficient (Wildman–Crippen LogP) is 4.80. The number of anilines is 1. The van der Waals surface area contributed by atoms with Gasteiger partial charge in [0, 0.05) is 17.3 Å². The van der Waals surface area contributed by atoms with Gasteiger partial charge in [-0.3, -0.25) is 14.5 Å². The van der Waals surface area contributed by atoms with Gasteiger partial charge >= 0.3 is 0 Å². The smallest absolute Gasteiger partial charge is 0.278 e. The van der Waals surface area contributed by atoms with Crippen molar-refractivity contribution in [2.24, 2.45) is 5.92 Å². The molecular weight excluding hydrogens is 360 g/mol. The molecule has 2 aromatic rings. The zero-order valence-corrected chi connectivity index (χ0v) is 16.7. The molecule has 2 amide bonds. The molecule has 27 heavy (non-hydrogen) atoms. The minimum absolute atomic E-state index is 0.185. The van der Waals surface area contributed by atoms with Gasteiger partial charge in [0.15, 0.2) is 0 Å². The number of aryl methyl sites for hydroxylation is 2. The molecule has 2 aromatic carbocycles. The van der Waals surface area contributed by atoms with Gasteiger partial charge in [-0.1, -0.05) is 61.3 Å². The van der Waals surface area contributed by atoms with Crippen molar-refractivity contribution in [3.8, 4) is 0 Å². The van der Waals surface area contributed by atoms with E-state index in [0.717, 1.165) is 22.4 Å². The Bertz CT molecular complexity index is 930. The van der Waals surface area contributed by atoms with E-state index in [0.29, 0.717) is 22.8 Å². The van der Waals surface area contributed by atoms with Crippen LogP contribution in [0.5, 0.6) is 0 Å². The maximum absolute atomic E-state index is 13.1. The molecule has 0 atom stereocenters. The van der Waals surface area contributed by atoms with Crippen LogP contribution in [0.1, 0.15) is 30.5 Å². The summed E-state index contributed by atoms with van der Waals surface area (Å²) in [4.78, 5) is 27.4. The van der Waals surface area contributed by atoms with Crippen molar-refractivity contribution in [1.82, 2.24) is 4.90 Å². The van der Waals surface area contributed by atoms with E-state index in [1.165, 1.54) is 4.90 Å². The number of nitrogens with one attached hydrogen (secondary N) is 1. The summed E-state index contributed by atoms with van der Waals surface area (Å²) >= 11 is 6.12. The van der Waals surface area contributed by atoms with Crippen LogP contribution in [0.25, 0.3) is 5.57 Å². The van der Waals surface area contributed by atoms with Crippen molar-refractivity contribution in [2.75, 3.05) is 11.9 Å². The number of hydrogen-bond donors (Lipinski definition) is 1. The van der Waals surface area contributed by atoms with Crippen LogP contribution in [0.4, 0.5) is 5.69 Å². The lowest BCUT2D eigenvalue weighted by Gasteiger charge is -2.17. The van der Waals surface area contributed by atoms with Gasteiger partial charge in [0.25, 0.3) is 11.8 Å². The number of carbonyl (C=O) groups excluding carboxylic acids is 2. The monoisotopic (exact) mass is 382 g/mol. The summed E-state index contributed by atoms with van der Waals surface area (Å²) in [6.07, 6.45) is 0. The Labute approximate surface area is 164 Å². The fourth-order valence-electron chi connectivity index (χ4n) is 3.07. The number of nitrogens with zero attached hydrogens (tertiary/aromatic N) is 1. The van der Waals surface area contributed by atoms with Gasteiger partial charge in [-0.2, -0.15) is 0 Å². The highest BCUT2D eigenvalue weighted by molar-refractivity contribution is 6.36. The summed E-state index contributed by atoms with van der Waals surface area (Å²) in [7, 11) is 0. The highest BCUT2D eigenvalue weighted by Crippen LogP contribution is 2.32. The van der Waals surface area contributed by atoms with Gasteiger partial charge < -0.3 is 5.32 Å². The predicted molar refractivity (Wildman–Crippen MR) is 109 cm³/mol. The number of halogens is 1. The second kappa shape index (κ2) is 7.57. The summed E-state index contributed by atoms with van der Waals surface area (Å²) in [5, 5.41) is 3.75. The largest absolute Gasteiger partial charge is 0.350 e. The molecule has 4 nitrogen and oxygen atoms in total. The standard InChI is InChI=1S/C22H23ClN2O2/c1-13(2)12-25-21(26)19(16-8-5-14(3)6-9-16)20(22(25)27)24-18-11-17(23)10-7-15(18)4/h5-11,13,24H,12H2,1-4H3. The minimum atomic E-state index is -0.302. The first-order chi connectivity index (χ1) is 12.8. The molecule has 0 aromatic heterocycles. The summed E-state index contributed by atoms with van der Waals surface area (Å²) < 4.78 is 0. The first-order valence-electron chi connectivity index (χ1n) is 8.98. The SMILES string of the molecule is Cc1ccc(C2=C(Nc3cc(Cl)ccc3C)C(=O)N(CC(C)C)C2=O)cc1. The van der Waals surface area contributed by atoms with E-state index in [1.807, 2.05) is 58.0 Å². The number of imide groups is 1. The Hall–Kier alpha value is -2.59. The van der Waals surface area contributed by atoms with Crippen LogP contribution in [-0.4, -0.2) is 23.3 Å². The summed E-state index contributed by atoms with van der Waals surface area (Å²) in [5.41, 5.74) is 4.19. The van der Waals surface area contributed by atoms with Crippen molar-refractivity contribution >= 4 is 34.7 Å². The third-order valence-corrected chi connectivity index (χ3v) is 4.75. The van der Waals surface area contributed by atoms with Crippen LogP contribution in [0, 0.1) is 19.8 Å². The van der Waals surface area contributed by atoms with Crippen molar-refractivity contribution in [1.29, 1.82) is 0 Å². The number of hydrogen-bond acceptors (Lipinski definition) is 3.